The lowest BCUT2D eigenvalue weighted by Crippen LogP contribution is -2.31. The largest absolute Gasteiger partial charge is 0.507 e. The third kappa shape index (κ3) is 4.36. The van der Waals surface area contributed by atoms with E-state index in [9.17, 15) is 29.2 Å². The van der Waals surface area contributed by atoms with Gasteiger partial charge in [0.2, 0.25) is 0 Å². The van der Waals surface area contributed by atoms with E-state index in [1.807, 2.05) is 24.4 Å². The predicted molar refractivity (Wildman–Crippen MR) is 137 cm³/mol. The van der Waals surface area contributed by atoms with Crippen molar-refractivity contribution in [3.05, 3.63) is 111 Å². The van der Waals surface area contributed by atoms with Crippen LogP contribution in [0, 0.1) is 15.9 Å². The van der Waals surface area contributed by atoms with Gasteiger partial charge in [0.1, 0.15) is 17.3 Å². The number of non-ortho nitro benzene ring substituents is 1. The molecule has 2 heterocycles. The van der Waals surface area contributed by atoms with E-state index in [4.69, 9.17) is 4.74 Å². The molecule has 0 radical (unpaired) electrons. The highest BCUT2D eigenvalue weighted by Gasteiger charge is 2.46. The second-order valence-corrected chi connectivity index (χ2v) is 8.82. The molecule has 1 saturated heterocycles. The molecule has 9 nitrogen and oxygen atoms in total. The van der Waals surface area contributed by atoms with Gasteiger partial charge in [-0.1, -0.05) is 0 Å². The van der Waals surface area contributed by atoms with Crippen molar-refractivity contribution in [2.24, 2.45) is 0 Å². The van der Waals surface area contributed by atoms with Crippen LogP contribution in [-0.2, 0) is 16.0 Å². The van der Waals surface area contributed by atoms with Gasteiger partial charge in [-0.25, -0.2) is 4.39 Å². The number of Topliss-reactive ketones (excluding diaryl/α,β-unsaturated/α-hetero) is 1. The van der Waals surface area contributed by atoms with E-state index in [2.05, 4.69) is 4.98 Å². The number of carbonyl (C=O) groups excluding carboxylic acids is 2. The Bertz CT molecular complexity index is 1590. The van der Waals surface area contributed by atoms with Crippen molar-refractivity contribution in [2.75, 3.05) is 13.7 Å². The molecule has 4 aromatic rings. The van der Waals surface area contributed by atoms with Crippen LogP contribution in [0.2, 0.25) is 0 Å². The van der Waals surface area contributed by atoms with Gasteiger partial charge in [-0.15, -0.1) is 0 Å². The highest BCUT2D eigenvalue weighted by molar-refractivity contribution is 6.46. The third-order valence-corrected chi connectivity index (χ3v) is 6.67. The van der Waals surface area contributed by atoms with Gasteiger partial charge in [0, 0.05) is 41.3 Å². The summed E-state index contributed by atoms with van der Waals surface area (Å²) in [6.07, 6.45) is 2.19. The first-order valence-corrected chi connectivity index (χ1v) is 11.7. The summed E-state index contributed by atoms with van der Waals surface area (Å²) in [6.45, 7) is 0.122. The molecule has 2 N–H and O–H groups in total. The van der Waals surface area contributed by atoms with Crippen LogP contribution in [0.3, 0.4) is 0 Å². The van der Waals surface area contributed by atoms with E-state index in [0.717, 1.165) is 28.6 Å². The molecule has 1 aliphatic heterocycles. The average Bonchev–Trinajstić information content (AvgIpc) is 3.44. The topological polar surface area (TPSA) is 126 Å². The van der Waals surface area contributed by atoms with Gasteiger partial charge in [0.05, 0.1) is 23.6 Å². The number of carbonyl (C=O) groups is 2. The fourth-order valence-corrected chi connectivity index (χ4v) is 4.73. The van der Waals surface area contributed by atoms with Gasteiger partial charge >= 0.3 is 0 Å². The molecule has 1 amide bonds. The van der Waals surface area contributed by atoms with E-state index in [1.54, 1.807) is 7.11 Å². The number of hydrogen-bond donors (Lipinski definition) is 2. The van der Waals surface area contributed by atoms with Gasteiger partial charge in [-0.2, -0.15) is 0 Å². The number of amides is 1. The molecular formula is C28H22FN3O6. The van der Waals surface area contributed by atoms with Crippen molar-refractivity contribution in [1.82, 2.24) is 9.88 Å². The van der Waals surface area contributed by atoms with E-state index in [1.165, 1.54) is 41.3 Å². The van der Waals surface area contributed by atoms with Crippen LogP contribution in [0.5, 0.6) is 5.75 Å². The maximum atomic E-state index is 13.5. The van der Waals surface area contributed by atoms with Gasteiger partial charge in [-0.3, -0.25) is 19.7 Å². The Hall–Kier alpha value is -4.99. The SMILES string of the molecule is COc1ccc2[nH]cc(CCN3C(=O)C(=O)C(=C(O)c4ccc(F)cc4)[C@H]3c3ccc([N+](=O)[O-])cc3)c2c1. The molecule has 5 rings (SSSR count). The number of nitro groups is 1. The summed E-state index contributed by atoms with van der Waals surface area (Å²) in [6, 6.07) is 14.9. The number of benzene rings is 3. The summed E-state index contributed by atoms with van der Waals surface area (Å²) in [5, 5.41) is 23.1. The van der Waals surface area contributed by atoms with Crippen LogP contribution in [0.15, 0.2) is 78.5 Å². The number of ketones is 1. The number of ether oxygens (including phenoxy) is 1. The standard InChI is InChI=1S/C28H22FN3O6/c1-38-21-10-11-23-22(14-21)18(15-30-23)12-13-31-25(16-4-8-20(9-5-16)32(36)37)24(27(34)28(31)35)26(33)17-2-6-19(29)7-3-17/h2-11,14-15,25,30,33H,12-13H2,1H3/t25-/m1/s1. The number of nitro benzene ring substituents is 1. The van der Waals surface area contributed by atoms with Crippen molar-refractivity contribution >= 4 is 34.0 Å². The lowest BCUT2D eigenvalue weighted by atomic mass is 9.95. The van der Waals surface area contributed by atoms with E-state index < -0.39 is 34.2 Å². The number of rotatable bonds is 7. The fourth-order valence-electron chi connectivity index (χ4n) is 4.73. The zero-order valence-corrected chi connectivity index (χ0v) is 20.2. The summed E-state index contributed by atoms with van der Waals surface area (Å²) in [5.74, 6) is -2.01. The third-order valence-electron chi connectivity index (χ3n) is 6.67. The van der Waals surface area contributed by atoms with Crippen molar-refractivity contribution in [3.63, 3.8) is 0 Å². The predicted octanol–water partition coefficient (Wildman–Crippen LogP) is 4.89. The van der Waals surface area contributed by atoms with Gasteiger partial charge < -0.3 is 19.7 Å². The molecule has 1 atom stereocenters. The summed E-state index contributed by atoms with van der Waals surface area (Å²) in [4.78, 5) is 41.6. The molecular weight excluding hydrogens is 493 g/mol. The first-order chi connectivity index (χ1) is 18.3. The van der Waals surface area contributed by atoms with Crippen LogP contribution in [0.4, 0.5) is 10.1 Å². The molecule has 38 heavy (non-hydrogen) atoms. The minimum Gasteiger partial charge on any atom is -0.507 e. The van der Waals surface area contributed by atoms with Crippen LogP contribution in [0.1, 0.15) is 22.7 Å². The van der Waals surface area contributed by atoms with Crippen LogP contribution in [0.25, 0.3) is 16.7 Å². The highest BCUT2D eigenvalue weighted by Crippen LogP contribution is 2.40. The van der Waals surface area contributed by atoms with Crippen molar-refractivity contribution in [3.8, 4) is 5.75 Å². The molecule has 0 unspecified atom stereocenters. The van der Waals surface area contributed by atoms with E-state index in [-0.39, 0.29) is 23.4 Å². The highest BCUT2D eigenvalue weighted by atomic mass is 19.1. The molecule has 1 fully saturated rings. The first-order valence-electron chi connectivity index (χ1n) is 11.7. The number of aliphatic hydroxyl groups is 1. The van der Waals surface area contributed by atoms with E-state index >= 15 is 0 Å². The normalized spacial score (nSPS) is 16.8. The van der Waals surface area contributed by atoms with Crippen molar-refractivity contribution < 1.29 is 28.7 Å². The van der Waals surface area contributed by atoms with Gasteiger partial charge in [0.25, 0.3) is 17.4 Å². The van der Waals surface area contributed by atoms with E-state index in [0.29, 0.717) is 17.7 Å². The minimum atomic E-state index is -0.999. The Labute approximate surface area is 215 Å². The van der Waals surface area contributed by atoms with Crippen molar-refractivity contribution in [1.29, 1.82) is 0 Å². The number of hydrogen-bond acceptors (Lipinski definition) is 6. The molecule has 10 heteroatoms. The minimum absolute atomic E-state index is 0.122. The lowest BCUT2D eigenvalue weighted by molar-refractivity contribution is -0.384. The van der Waals surface area contributed by atoms with Gasteiger partial charge in [-0.05, 0) is 72.1 Å². The Morgan fingerprint density at radius 1 is 1.11 bits per heavy atom. The average molecular weight is 515 g/mol. The summed E-state index contributed by atoms with van der Waals surface area (Å²) in [5.41, 5.74) is 2.03. The van der Waals surface area contributed by atoms with Gasteiger partial charge in [0.15, 0.2) is 0 Å². The Morgan fingerprint density at radius 2 is 1.82 bits per heavy atom. The number of aromatic nitrogens is 1. The molecule has 0 saturated carbocycles. The Balaban J connectivity index is 1.56. The zero-order chi connectivity index (χ0) is 27.0. The fraction of sp³-hybridized carbons (Fsp3) is 0.143. The monoisotopic (exact) mass is 515 g/mol. The molecule has 1 aliphatic rings. The number of aromatic amines is 1. The Morgan fingerprint density at radius 3 is 2.47 bits per heavy atom. The number of methoxy groups -OCH3 is 1. The summed E-state index contributed by atoms with van der Waals surface area (Å²) < 4.78 is 18.8. The number of H-pyrrole nitrogens is 1. The number of likely N-dealkylation sites (tertiary alicyclic amines) is 1. The van der Waals surface area contributed by atoms with Crippen LogP contribution in [-0.4, -0.2) is 45.3 Å². The van der Waals surface area contributed by atoms with Crippen LogP contribution < -0.4 is 4.74 Å². The number of fused-ring (bicyclic) bond motifs is 1. The number of nitrogens with one attached hydrogen (secondary N) is 1. The number of aliphatic hydroxyl groups excluding tert-OH is 1. The molecule has 1 aromatic heterocycles. The zero-order valence-electron chi connectivity index (χ0n) is 20.2. The Kier molecular flexibility index (Phi) is 6.38. The van der Waals surface area contributed by atoms with Crippen molar-refractivity contribution in [2.45, 2.75) is 12.5 Å². The maximum absolute atomic E-state index is 13.5. The molecule has 0 spiro atoms. The van der Waals surface area contributed by atoms with Crippen LogP contribution >= 0.6 is 0 Å². The number of halogens is 1. The molecule has 3 aromatic carbocycles. The molecule has 0 bridgehead atoms. The molecule has 192 valence electrons. The molecule has 0 aliphatic carbocycles. The maximum Gasteiger partial charge on any atom is 0.295 e. The summed E-state index contributed by atoms with van der Waals surface area (Å²) in [7, 11) is 1.57. The lowest BCUT2D eigenvalue weighted by Gasteiger charge is -2.25. The quantitative estimate of drug-likeness (QED) is 0.119. The second kappa shape index (κ2) is 9.81. The first kappa shape index (κ1) is 24.7. The number of nitrogens with zero attached hydrogens (tertiary/aromatic N) is 2. The second-order valence-electron chi connectivity index (χ2n) is 8.82. The summed E-state index contributed by atoms with van der Waals surface area (Å²) >= 11 is 0. The smallest absolute Gasteiger partial charge is 0.295 e.